The third-order valence-electron chi connectivity index (χ3n) is 4.97. The van der Waals surface area contributed by atoms with E-state index in [0.29, 0.717) is 33.5 Å². The lowest BCUT2D eigenvalue weighted by atomic mass is 10.2. The van der Waals surface area contributed by atoms with Crippen LogP contribution in [0, 0.1) is 0 Å². The quantitative estimate of drug-likeness (QED) is 0.227. The Morgan fingerprint density at radius 1 is 0.973 bits per heavy atom. The van der Waals surface area contributed by atoms with Crippen molar-refractivity contribution < 1.29 is 28.6 Å². The van der Waals surface area contributed by atoms with Crippen molar-refractivity contribution in [2.45, 2.75) is 6.54 Å². The van der Waals surface area contributed by atoms with Crippen molar-refractivity contribution in [3.63, 3.8) is 0 Å². The number of nitrogens with one attached hydrogen (secondary N) is 3. The molecular weight excluding hydrogens is 523 g/mol. The van der Waals surface area contributed by atoms with Crippen LogP contribution in [0.5, 0.6) is 17.2 Å². The maximum Gasteiger partial charge on any atom is 0.329 e. The predicted octanol–water partition coefficient (Wildman–Crippen LogP) is 3.51. The largest absolute Gasteiger partial charge is 0.483 e. The van der Waals surface area contributed by atoms with Gasteiger partial charge < -0.3 is 24.8 Å². The van der Waals surface area contributed by atoms with E-state index in [1.807, 2.05) is 0 Å². The normalized spacial score (nSPS) is 11.7. The van der Waals surface area contributed by atoms with E-state index in [2.05, 4.69) is 21.2 Å². The number of anilines is 1. The number of benzene rings is 3. The van der Waals surface area contributed by atoms with Crippen LogP contribution in [0.1, 0.15) is 11.1 Å². The fourth-order valence-corrected chi connectivity index (χ4v) is 3.52. The lowest BCUT2D eigenvalue weighted by molar-refractivity contribution is -0.139. The number of hydrazone groups is 1. The number of fused-ring (bicyclic) bond motifs is 1. The van der Waals surface area contributed by atoms with Crippen LogP contribution in [0.25, 0.3) is 0 Å². The van der Waals surface area contributed by atoms with Crippen molar-refractivity contribution in [2.75, 3.05) is 18.7 Å². The Bertz CT molecular complexity index is 1360. The fourth-order valence-electron chi connectivity index (χ4n) is 3.17. The summed E-state index contributed by atoms with van der Waals surface area (Å²) < 4.78 is 16.1. The number of rotatable bonds is 8. The number of ether oxygens (including phenoxy) is 3. The van der Waals surface area contributed by atoms with E-state index in [4.69, 9.17) is 37.4 Å². The Balaban J connectivity index is 1.26. The molecule has 1 aliphatic rings. The second-order valence-corrected chi connectivity index (χ2v) is 8.33. The minimum atomic E-state index is -0.951. The van der Waals surface area contributed by atoms with E-state index in [9.17, 15) is 14.4 Å². The molecule has 190 valence electrons. The van der Waals surface area contributed by atoms with Gasteiger partial charge in [0, 0.05) is 12.1 Å². The molecule has 0 spiro atoms. The topological polar surface area (TPSA) is 127 Å². The molecule has 1 aliphatic heterocycles. The SMILES string of the molecule is O=C(COc1ccccc1/C=N\NC(=O)C(=O)NCc1ccc2c(c1)OCO2)Nc1cccc(Cl)c1Cl. The van der Waals surface area contributed by atoms with Gasteiger partial charge >= 0.3 is 11.8 Å². The van der Waals surface area contributed by atoms with Crippen molar-refractivity contribution in [3.05, 3.63) is 81.8 Å². The summed E-state index contributed by atoms with van der Waals surface area (Å²) in [6.45, 7) is -0.0567. The van der Waals surface area contributed by atoms with Crippen molar-refractivity contribution in [1.29, 1.82) is 0 Å². The number of carbonyl (C=O) groups excluding carboxylic acids is 3. The molecule has 1 heterocycles. The summed E-state index contributed by atoms with van der Waals surface area (Å²) in [5.41, 5.74) is 3.72. The van der Waals surface area contributed by atoms with Crippen LogP contribution in [-0.4, -0.2) is 37.3 Å². The lowest BCUT2D eigenvalue weighted by Crippen LogP contribution is -2.37. The van der Waals surface area contributed by atoms with Gasteiger partial charge in [0.1, 0.15) is 5.75 Å². The van der Waals surface area contributed by atoms with E-state index in [1.165, 1.54) is 6.21 Å². The first-order valence-corrected chi connectivity index (χ1v) is 11.6. The van der Waals surface area contributed by atoms with Gasteiger partial charge in [0.15, 0.2) is 18.1 Å². The third-order valence-corrected chi connectivity index (χ3v) is 5.79. The predicted molar refractivity (Wildman–Crippen MR) is 137 cm³/mol. The first-order chi connectivity index (χ1) is 17.9. The molecule has 10 nitrogen and oxygen atoms in total. The first-order valence-electron chi connectivity index (χ1n) is 10.9. The van der Waals surface area contributed by atoms with Gasteiger partial charge in [0.25, 0.3) is 5.91 Å². The number of hydrogen-bond acceptors (Lipinski definition) is 7. The minimum absolute atomic E-state index is 0.117. The number of halogens is 2. The van der Waals surface area contributed by atoms with Crippen LogP contribution in [0.4, 0.5) is 5.69 Å². The van der Waals surface area contributed by atoms with Crippen LogP contribution in [-0.2, 0) is 20.9 Å². The maximum absolute atomic E-state index is 12.3. The average molecular weight is 543 g/mol. The van der Waals surface area contributed by atoms with E-state index < -0.39 is 17.7 Å². The molecule has 0 bridgehead atoms. The van der Waals surface area contributed by atoms with Gasteiger partial charge in [-0.15, -0.1) is 0 Å². The van der Waals surface area contributed by atoms with Crippen molar-refractivity contribution >= 4 is 52.8 Å². The molecule has 3 N–H and O–H groups in total. The van der Waals surface area contributed by atoms with Crippen molar-refractivity contribution in [1.82, 2.24) is 10.7 Å². The third kappa shape index (κ3) is 6.90. The molecule has 0 fully saturated rings. The van der Waals surface area contributed by atoms with Crippen LogP contribution < -0.4 is 30.3 Å². The van der Waals surface area contributed by atoms with E-state index in [1.54, 1.807) is 60.7 Å². The highest BCUT2D eigenvalue weighted by Crippen LogP contribution is 2.32. The van der Waals surface area contributed by atoms with Gasteiger partial charge in [-0.25, -0.2) is 5.43 Å². The van der Waals surface area contributed by atoms with E-state index in [-0.39, 0.29) is 25.0 Å². The molecule has 0 saturated carbocycles. The minimum Gasteiger partial charge on any atom is -0.483 e. The average Bonchev–Trinajstić information content (AvgIpc) is 3.37. The smallest absolute Gasteiger partial charge is 0.329 e. The lowest BCUT2D eigenvalue weighted by Gasteiger charge is -2.11. The van der Waals surface area contributed by atoms with Crippen LogP contribution in [0.3, 0.4) is 0 Å². The molecule has 0 atom stereocenters. The maximum atomic E-state index is 12.3. The Kier molecular flexibility index (Phi) is 8.44. The highest BCUT2D eigenvalue weighted by Gasteiger charge is 2.16. The number of hydrogen-bond donors (Lipinski definition) is 3. The van der Waals surface area contributed by atoms with Gasteiger partial charge in [-0.1, -0.05) is 47.5 Å². The molecule has 3 aromatic carbocycles. The standard InChI is InChI=1S/C25H20Cl2N4O6/c26-17-5-3-6-18(23(17)27)30-22(32)13-35-19-7-2-1-4-16(19)12-29-31-25(34)24(33)28-11-15-8-9-20-21(10-15)37-14-36-20/h1-10,12H,11,13-14H2,(H,28,33)(H,30,32)(H,31,34)/b29-12-. The summed E-state index contributed by atoms with van der Waals surface area (Å²) in [5.74, 6) is -0.739. The number of para-hydroxylation sites is 1. The number of carbonyl (C=O) groups is 3. The van der Waals surface area contributed by atoms with Gasteiger partial charge in [0.2, 0.25) is 6.79 Å². The van der Waals surface area contributed by atoms with Gasteiger partial charge in [-0.2, -0.15) is 5.10 Å². The van der Waals surface area contributed by atoms with Crippen molar-refractivity contribution in [3.8, 4) is 17.2 Å². The Hall–Kier alpha value is -4.28. The molecule has 0 saturated heterocycles. The van der Waals surface area contributed by atoms with E-state index in [0.717, 1.165) is 5.56 Å². The van der Waals surface area contributed by atoms with Crippen LogP contribution in [0.2, 0.25) is 10.0 Å². The summed E-state index contributed by atoms with van der Waals surface area (Å²) >= 11 is 12.0. The highest BCUT2D eigenvalue weighted by atomic mass is 35.5. The van der Waals surface area contributed by atoms with Gasteiger partial charge in [-0.3, -0.25) is 14.4 Å². The second kappa shape index (κ2) is 12.1. The summed E-state index contributed by atoms with van der Waals surface area (Å²) in [4.78, 5) is 36.4. The molecule has 0 radical (unpaired) electrons. The Morgan fingerprint density at radius 3 is 2.65 bits per heavy atom. The zero-order chi connectivity index (χ0) is 26.2. The Labute approximate surface area is 221 Å². The highest BCUT2D eigenvalue weighted by molar-refractivity contribution is 6.44. The zero-order valence-electron chi connectivity index (χ0n) is 19.1. The molecular formula is C25H20Cl2N4O6. The summed E-state index contributed by atoms with van der Waals surface area (Å²) in [5, 5.41) is 9.46. The second-order valence-electron chi connectivity index (χ2n) is 7.55. The summed E-state index contributed by atoms with van der Waals surface area (Å²) in [6.07, 6.45) is 1.30. The molecule has 37 heavy (non-hydrogen) atoms. The summed E-state index contributed by atoms with van der Waals surface area (Å²) in [6, 6.07) is 16.8. The van der Waals surface area contributed by atoms with Gasteiger partial charge in [-0.05, 0) is 42.0 Å². The number of amides is 3. The van der Waals surface area contributed by atoms with Crippen molar-refractivity contribution in [2.24, 2.45) is 5.10 Å². The molecule has 4 rings (SSSR count). The molecule has 0 unspecified atom stereocenters. The monoisotopic (exact) mass is 542 g/mol. The fraction of sp³-hybridized carbons (Fsp3) is 0.120. The zero-order valence-corrected chi connectivity index (χ0v) is 20.6. The molecule has 0 aliphatic carbocycles. The molecule has 3 aromatic rings. The van der Waals surface area contributed by atoms with E-state index >= 15 is 0 Å². The molecule has 3 amide bonds. The summed E-state index contributed by atoms with van der Waals surface area (Å²) in [7, 11) is 0. The Morgan fingerprint density at radius 2 is 1.78 bits per heavy atom. The molecule has 12 heteroatoms. The van der Waals surface area contributed by atoms with Crippen LogP contribution >= 0.6 is 23.2 Å². The molecule has 0 aromatic heterocycles. The van der Waals surface area contributed by atoms with Crippen LogP contribution in [0.15, 0.2) is 65.8 Å². The first kappa shape index (κ1) is 25.8. The van der Waals surface area contributed by atoms with Gasteiger partial charge in [0.05, 0.1) is 21.9 Å². The number of nitrogens with zero attached hydrogens (tertiary/aromatic N) is 1.